The number of halogens is 1. The van der Waals surface area contributed by atoms with Crippen LogP contribution < -0.4 is 15.4 Å². The highest BCUT2D eigenvalue weighted by molar-refractivity contribution is 8.15. The lowest BCUT2D eigenvalue weighted by Gasteiger charge is -2.09. The standard InChI is InChI=1S/C19H18ClN3O3S/c1-26-15-8-7-13(9-14(15)20)22-17(24)10-16-18(25)23-19(27-16)21-11-12-5-3-2-4-6-12/h2-9,16H,10-11H2,1H3,(H,22,24)(H,21,23,25)/t16-/m1/s1. The van der Waals surface area contributed by atoms with E-state index >= 15 is 0 Å². The molecule has 1 fully saturated rings. The number of amidine groups is 1. The normalized spacial score (nSPS) is 17.6. The quantitative estimate of drug-likeness (QED) is 0.774. The summed E-state index contributed by atoms with van der Waals surface area (Å²) >= 11 is 7.32. The van der Waals surface area contributed by atoms with E-state index in [0.29, 0.717) is 28.2 Å². The Morgan fingerprint density at radius 3 is 2.78 bits per heavy atom. The number of methoxy groups -OCH3 is 1. The zero-order chi connectivity index (χ0) is 19.2. The lowest BCUT2D eigenvalue weighted by atomic mass is 10.2. The number of aliphatic imine (C=N–C) groups is 1. The number of hydrogen-bond donors (Lipinski definition) is 2. The van der Waals surface area contributed by atoms with Gasteiger partial charge in [-0.25, -0.2) is 0 Å². The van der Waals surface area contributed by atoms with Crippen LogP contribution in [0, 0.1) is 0 Å². The van der Waals surface area contributed by atoms with E-state index in [4.69, 9.17) is 16.3 Å². The van der Waals surface area contributed by atoms with Crippen LogP contribution >= 0.6 is 23.4 Å². The second-order valence-electron chi connectivity index (χ2n) is 5.80. The van der Waals surface area contributed by atoms with Crippen LogP contribution in [0.25, 0.3) is 0 Å². The third-order valence-electron chi connectivity index (χ3n) is 3.83. The number of nitrogens with one attached hydrogen (secondary N) is 2. The first kappa shape index (κ1) is 19.3. The van der Waals surface area contributed by atoms with Gasteiger partial charge in [0.05, 0.1) is 18.7 Å². The molecule has 2 N–H and O–H groups in total. The predicted molar refractivity (Wildman–Crippen MR) is 108 cm³/mol. The van der Waals surface area contributed by atoms with E-state index in [1.54, 1.807) is 18.2 Å². The van der Waals surface area contributed by atoms with Crippen LogP contribution in [-0.4, -0.2) is 29.3 Å². The largest absolute Gasteiger partial charge is 0.495 e. The molecule has 2 aromatic rings. The Hall–Kier alpha value is -2.51. The number of thioether (sulfide) groups is 1. The maximum absolute atomic E-state index is 12.2. The molecule has 2 aromatic carbocycles. The second-order valence-corrected chi connectivity index (χ2v) is 7.40. The fourth-order valence-corrected chi connectivity index (χ4v) is 3.71. The second kappa shape index (κ2) is 8.92. The molecule has 0 aromatic heterocycles. The van der Waals surface area contributed by atoms with Crippen LogP contribution in [0.1, 0.15) is 12.0 Å². The summed E-state index contributed by atoms with van der Waals surface area (Å²) in [4.78, 5) is 28.7. The minimum Gasteiger partial charge on any atom is -0.495 e. The Bertz CT molecular complexity index is 874. The average Bonchev–Trinajstić information content (AvgIpc) is 3.00. The summed E-state index contributed by atoms with van der Waals surface area (Å²) in [6, 6.07) is 14.7. The van der Waals surface area contributed by atoms with Gasteiger partial charge in [0.25, 0.3) is 0 Å². The zero-order valence-corrected chi connectivity index (χ0v) is 16.1. The van der Waals surface area contributed by atoms with Crippen LogP contribution in [0.15, 0.2) is 53.5 Å². The molecule has 0 unspecified atom stereocenters. The number of rotatable bonds is 6. The molecule has 1 atom stereocenters. The summed E-state index contributed by atoms with van der Waals surface area (Å²) in [6.07, 6.45) is 0.0461. The van der Waals surface area contributed by atoms with Gasteiger partial charge in [0.1, 0.15) is 11.0 Å². The fraction of sp³-hybridized carbons (Fsp3) is 0.211. The van der Waals surface area contributed by atoms with Crippen molar-refractivity contribution in [2.24, 2.45) is 4.99 Å². The topological polar surface area (TPSA) is 79.8 Å². The lowest BCUT2D eigenvalue weighted by Crippen LogP contribution is -2.28. The fourth-order valence-electron chi connectivity index (χ4n) is 2.49. The van der Waals surface area contributed by atoms with Gasteiger partial charge in [-0.1, -0.05) is 53.7 Å². The highest BCUT2D eigenvalue weighted by Crippen LogP contribution is 2.28. The van der Waals surface area contributed by atoms with E-state index in [9.17, 15) is 9.59 Å². The minimum absolute atomic E-state index is 0.0461. The minimum atomic E-state index is -0.506. The van der Waals surface area contributed by atoms with Gasteiger partial charge in [-0.05, 0) is 23.8 Å². The molecule has 0 spiro atoms. The Kier molecular flexibility index (Phi) is 6.36. The lowest BCUT2D eigenvalue weighted by molar-refractivity contribution is -0.122. The van der Waals surface area contributed by atoms with Crippen LogP contribution in [0.3, 0.4) is 0 Å². The van der Waals surface area contributed by atoms with E-state index < -0.39 is 5.25 Å². The van der Waals surface area contributed by atoms with Crippen molar-refractivity contribution < 1.29 is 14.3 Å². The summed E-state index contributed by atoms with van der Waals surface area (Å²) in [5.41, 5.74) is 1.60. The van der Waals surface area contributed by atoms with E-state index in [1.807, 2.05) is 30.3 Å². The molecule has 1 heterocycles. The average molecular weight is 404 g/mol. The molecule has 6 nitrogen and oxygen atoms in total. The van der Waals surface area contributed by atoms with E-state index in [2.05, 4.69) is 15.6 Å². The van der Waals surface area contributed by atoms with Crippen LogP contribution in [0.2, 0.25) is 5.02 Å². The molecule has 0 bridgehead atoms. The smallest absolute Gasteiger partial charge is 0.240 e. The van der Waals surface area contributed by atoms with Crippen molar-refractivity contribution in [1.82, 2.24) is 5.32 Å². The number of anilines is 1. The molecular weight excluding hydrogens is 386 g/mol. The zero-order valence-electron chi connectivity index (χ0n) is 14.6. The summed E-state index contributed by atoms with van der Waals surface area (Å²) in [5.74, 6) is 0.0441. The van der Waals surface area contributed by atoms with Crippen molar-refractivity contribution in [3.63, 3.8) is 0 Å². The molecule has 1 saturated heterocycles. The molecule has 0 aliphatic carbocycles. The van der Waals surface area contributed by atoms with Gasteiger partial charge >= 0.3 is 0 Å². The SMILES string of the molecule is COc1ccc(NC(=O)C[C@H]2SC(=NCc3ccccc3)NC2=O)cc1Cl. The summed E-state index contributed by atoms with van der Waals surface area (Å²) in [6.45, 7) is 0.479. The maximum Gasteiger partial charge on any atom is 0.240 e. The van der Waals surface area contributed by atoms with Gasteiger partial charge < -0.3 is 15.4 Å². The Morgan fingerprint density at radius 1 is 1.30 bits per heavy atom. The Morgan fingerprint density at radius 2 is 2.07 bits per heavy atom. The number of carbonyl (C=O) groups is 2. The summed E-state index contributed by atoms with van der Waals surface area (Å²) in [7, 11) is 1.52. The monoisotopic (exact) mass is 403 g/mol. The van der Waals surface area contributed by atoms with Gasteiger partial charge in [-0.3, -0.25) is 14.6 Å². The number of nitrogens with zero attached hydrogens (tertiary/aromatic N) is 1. The van der Waals surface area contributed by atoms with Gasteiger partial charge in [0.15, 0.2) is 5.17 Å². The van der Waals surface area contributed by atoms with Crippen molar-refractivity contribution in [3.05, 3.63) is 59.1 Å². The number of amides is 2. The number of hydrogen-bond acceptors (Lipinski definition) is 5. The number of carbonyl (C=O) groups excluding carboxylic acids is 2. The summed E-state index contributed by atoms with van der Waals surface area (Å²) in [5, 5.41) is 5.90. The molecule has 0 radical (unpaired) electrons. The Balaban J connectivity index is 1.55. The van der Waals surface area contributed by atoms with E-state index in [-0.39, 0.29) is 18.2 Å². The molecule has 3 rings (SSSR count). The van der Waals surface area contributed by atoms with Gasteiger partial charge in [-0.15, -0.1) is 0 Å². The van der Waals surface area contributed by atoms with Crippen LogP contribution in [0.5, 0.6) is 5.75 Å². The van der Waals surface area contributed by atoms with Crippen LogP contribution in [-0.2, 0) is 16.1 Å². The first-order chi connectivity index (χ1) is 13.0. The molecule has 2 amide bonds. The maximum atomic E-state index is 12.2. The third-order valence-corrected chi connectivity index (χ3v) is 5.25. The van der Waals surface area contributed by atoms with Crippen molar-refractivity contribution in [3.8, 4) is 5.75 Å². The third kappa shape index (κ3) is 5.24. The van der Waals surface area contributed by atoms with Crippen LogP contribution in [0.4, 0.5) is 5.69 Å². The van der Waals surface area contributed by atoms with Crippen molar-refractivity contribution >= 4 is 46.0 Å². The number of ether oxygens (including phenoxy) is 1. The van der Waals surface area contributed by atoms with E-state index in [0.717, 1.165) is 5.56 Å². The highest BCUT2D eigenvalue weighted by Gasteiger charge is 2.32. The number of benzene rings is 2. The Labute approximate surface area is 166 Å². The molecular formula is C19H18ClN3O3S. The van der Waals surface area contributed by atoms with Gasteiger partial charge in [0.2, 0.25) is 11.8 Å². The van der Waals surface area contributed by atoms with Crippen molar-refractivity contribution in [2.75, 3.05) is 12.4 Å². The summed E-state index contributed by atoms with van der Waals surface area (Å²) < 4.78 is 5.08. The van der Waals surface area contributed by atoms with Crippen molar-refractivity contribution in [2.45, 2.75) is 18.2 Å². The predicted octanol–water partition coefficient (Wildman–Crippen LogP) is 3.47. The molecule has 140 valence electrons. The van der Waals surface area contributed by atoms with Gasteiger partial charge in [-0.2, -0.15) is 0 Å². The van der Waals surface area contributed by atoms with E-state index in [1.165, 1.54) is 18.9 Å². The molecule has 8 heteroatoms. The highest BCUT2D eigenvalue weighted by atomic mass is 35.5. The molecule has 1 aliphatic rings. The molecule has 27 heavy (non-hydrogen) atoms. The van der Waals surface area contributed by atoms with Crippen molar-refractivity contribution in [1.29, 1.82) is 0 Å². The molecule has 1 aliphatic heterocycles. The van der Waals surface area contributed by atoms with Gasteiger partial charge in [0, 0.05) is 12.1 Å². The first-order valence-corrected chi connectivity index (χ1v) is 9.50. The molecule has 0 saturated carbocycles. The first-order valence-electron chi connectivity index (χ1n) is 8.24.